The summed E-state index contributed by atoms with van der Waals surface area (Å²) in [6.07, 6.45) is 1.69. The van der Waals surface area contributed by atoms with Crippen molar-refractivity contribution in [2.24, 2.45) is 0 Å². The number of nitrogens with one attached hydrogen (secondary N) is 1. The van der Waals surface area contributed by atoms with Gasteiger partial charge in [0.2, 0.25) is 5.91 Å². The molecule has 0 spiro atoms. The second kappa shape index (κ2) is 9.14. The summed E-state index contributed by atoms with van der Waals surface area (Å²) >= 11 is 0. The molecule has 2 N–H and O–H groups in total. The van der Waals surface area contributed by atoms with Gasteiger partial charge in [-0.2, -0.15) is 0 Å². The third-order valence-corrected chi connectivity index (χ3v) is 4.16. The molecule has 0 fully saturated rings. The van der Waals surface area contributed by atoms with Gasteiger partial charge in [-0.25, -0.2) is 4.39 Å². The van der Waals surface area contributed by atoms with E-state index < -0.39 is 6.10 Å². The first-order valence-electron chi connectivity index (χ1n) is 8.40. The third kappa shape index (κ3) is 5.84. The molecule has 0 saturated carbocycles. The van der Waals surface area contributed by atoms with Crippen LogP contribution >= 0.6 is 0 Å². The molecule has 132 valence electrons. The number of hydrogen-bond acceptors (Lipinski definition) is 2. The lowest BCUT2D eigenvalue weighted by Crippen LogP contribution is -2.34. The monoisotopic (exact) mass is 341 g/mol. The molecule has 0 radical (unpaired) electrons. The number of hydrogen-bond donors (Lipinski definition) is 2. The highest BCUT2D eigenvalue weighted by Crippen LogP contribution is 2.21. The van der Waals surface area contributed by atoms with Gasteiger partial charge in [0.05, 0.1) is 6.10 Å². The first-order valence-corrected chi connectivity index (χ1v) is 8.40. The largest absolute Gasteiger partial charge is 0.388 e. The number of carbonyl (C=O) groups excluding carboxylic acids is 1. The first-order chi connectivity index (χ1) is 12.0. The molecule has 2 rings (SSSR count). The second-order valence-corrected chi connectivity index (χ2v) is 6.23. The Hall–Kier alpha value is -2.46. The van der Waals surface area contributed by atoms with Crippen molar-refractivity contribution in [1.82, 2.24) is 5.32 Å². The minimum absolute atomic E-state index is 0.0459. The fourth-order valence-electron chi connectivity index (χ4n) is 2.79. The molecule has 2 aromatic carbocycles. The standard InChI is InChI=1S/C21H24FNO2/c1-3-16(17-7-5-4-6-8-17)14-21(25)23-15(2)13-20(24)18-9-11-19(22)12-10-18/h3-12,15-16,20,24H,1,13-14H2,2H3,(H,23,25). The van der Waals surface area contributed by atoms with Gasteiger partial charge in [0.25, 0.3) is 0 Å². The summed E-state index contributed by atoms with van der Waals surface area (Å²) in [6.45, 7) is 5.66. The number of halogens is 1. The Labute approximate surface area is 148 Å². The molecule has 0 bridgehead atoms. The van der Waals surface area contributed by atoms with Crippen molar-refractivity contribution >= 4 is 5.91 Å². The predicted octanol–water partition coefficient (Wildman–Crippen LogP) is 4.11. The molecular formula is C21H24FNO2. The van der Waals surface area contributed by atoms with Crippen molar-refractivity contribution in [3.05, 3.63) is 84.2 Å². The Balaban J connectivity index is 1.86. The third-order valence-electron chi connectivity index (χ3n) is 4.16. The summed E-state index contributed by atoms with van der Waals surface area (Å²) in [5.41, 5.74) is 1.68. The fourth-order valence-corrected chi connectivity index (χ4v) is 2.79. The molecule has 0 aliphatic heterocycles. The zero-order chi connectivity index (χ0) is 18.2. The van der Waals surface area contributed by atoms with E-state index in [1.807, 2.05) is 37.3 Å². The van der Waals surface area contributed by atoms with E-state index in [9.17, 15) is 14.3 Å². The maximum absolute atomic E-state index is 12.9. The predicted molar refractivity (Wildman–Crippen MR) is 97.6 cm³/mol. The highest BCUT2D eigenvalue weighted by Gasteiger charge is 2.17. The number of allylic oxidation sites excluding steroid dienone is 1. The van der Waals surface area contributed by atoms with Crippen molar-refractivity contribution < 1.29 is 14.3 Å². The number of rotatable bonds is 8. The van der Waals surface area contributed by atoms with Crippen LogP contribution in [-0.4, -0.2) is 17.1 Å². The van der Waals surface area contributed by atoms with Crippen molar-refractivity contribution in [2.45, 2.75) is 37.8 Å². The molecule has 0 aliphatic rings. The molecule has 1 amide bonds. The topological polar surface area (TPSA) is 49.3 Å². The van der Waals surface area contributed by atoms with E-state index in [0.29, 0.717) is 18.4 Å². The Morgan fingerprint density at radius 1 is 1.16 bits per heavy atom. The molecule has 3 atom stereocenters. The molecule has 0 heterocycles. The maximum Gasteiger partial charge on any atom is 0.221 e. The molecule has 2 aromatic rings. The van der Waals surface area contributed by atoms with Crippen LogP contribution in [0.25, 0.3) is 0 Å². The van der Waals surface area contributed by atoms with Gasteiger partial charge in [-0.15, -0.1) is 6.58 Å². The second-order valence-electron chi connectivity index (χ2n) is 6.23. The molecule has 3 nitrogen and oxygen atoms in total. The van der Waals surface area contributed by atoms with E-state index >= 15 is 0 Å². The fraction of sp³-hybridized carbons (Fsp3) is 0.286. The highest BCUT2D eigenvalue weighted by molar-refractivity contribution is 5.77. The SMILES string of the molecule is C=CC(CC(=O)NC(C)CC(O)c1ccc(F)cc1)c1ccccc1. The van der Waals surface area contributed by atoms with Crippen LogP contribution in [0.5, 0.6) is 0 Å². The van der Waals surface area contributed by atoms with E-state index in [4.69, 9.17) is 0 Å². The Kier molecular flexibility index (Phi) is 6.90. The van der Waals surface area contributed by atoms with Crippen molar-refractivity contribution in [2.75, 3.05) is 0 Å². The van der Waals surface area contributed by atoms with Gasteiger partial charge in [0, 0.05) is 18.4 Å². The summed E-state index contributed by atoms with van der Waals surface area (Å²) < 4.78 is 12.9. The lowest BCUT2D eigenvalue weighted by molar-refractivity contribution is -0.122. The van der Waals surface area contributed by atoms with Crippen LogP contribution in [0.1, 0.15) is 42.9 Å². The summed E-state index contributed by atoms with van der Waals surface area (Å²) in [4.78, 5) is 12.3. The van der Waals surface area contributed by atoms with E-state index in [-0.39, 0.29) is 23.7 Å². The molecule has 25 heavy (non-hydrogen) atoms. The van der Waals surface area contributed by atoms with E-state index in [1.54, 1.807) is 18.2 Å². The van der Waals surface area contributed by atoms with Crippen LogP contribution in [-0.2, 0) is 4.79 Å². The van der Waals surface area contributed by atoms with E-state index in [0.717, 1.165) is 5.56 Å². The lowest BCUT2D eigenvalue weighted by atomic mass is 9.95. The molecule has 0 aliphatic carbocycles. The molecule has 4 heteroatoms. The van der Waals surface area contributed by atoms with Crippen LogP contribution in [0, 0.1) is 5.82 Å². The van der Waals surface area contributed by atoms with Crippen LogP contribution < -0.4 is 5.32 Å². The number of benzene rings is 2. The van der Waals surface area contributed by atoms with Gasteiger partial charge < -0.3 is 10.4 Å². The molecule has 3 unspecified atom stereocenters. The van der Waals surface area contributed by atoms with Crippen LogP contribution in [0.3, 0.4) is 0 Å². The van der Waals surface area contributed by atoms with Gasteiger partial charge in [0.1, 0.15) is 5.82 Å². The normalized spacial score (nSPS) is 14.4. The minimum atomic E-state index is -0.750. The summed E-state index contributed by atoms with van der Waals surface area (Å²) in [5, 5.41) is 13.1. The number of aliphatic hydroxyl groups is 1. The zero-order valence-electron chi connectivity index (χ0n) is 14.4. The maximum atomic E-state index is 12.9. The number of carbonyl (C=O) groups is 1. The van der Waals surface area contributed by atoms with Gasteiger partial charge in [-0.05, 0) is 36.6 Å². The number of aliphatic hydroxyl groups excluding tert-OH is 1. The summed E-state index contributed by atoms with van der Waals surface area (Å²) in [7, 11) is 0. The Bertz CT molecular complexity index is 685. The van der Waals surface area contributed by atoms with Crippen LogP contribution in [0.2, 0.25) is 0 Å². The van der Waals surface area contributed by atoms with Gasteiger partial charge in [-0.1, -0.05) is 48.5 Å². The van der Waals surface area contributed by atoms with Crippen molar-refractivity contribution in [3.63, 3.8) is 0 Å². The minimum Gasteiger partial charge on any atom is -0.388 e. The van der Waals surface area contributed by atoms with Gasteiger partial charge in [-0.3, -0.25) is 4.79 Å². The molecule has 0 aromatic heterocycles. The average Bonchev–Trinajstić information content (AvgIpc) is 2.60. The lowest BCUT2D eigenvalue weighted by Gasteiger charge is -2.20. The Morgan fingerprint density at radius 2 is 1.80 bits per heavy atom. The average molecular weight is 341 g/mol. The van der Waals surface area contributed by atoms with Gasteiger partial charge >= 0.3 is 0 Å². The van der Waals surface area contributed by atoms with Gasteiger partial charge in [0.15, 0.2) is 0 Å². The summed E-state index contributed by atoms with van der Waals surface area (Å²) in [5.74, 6) is -0.475. The quantitative estimate of drug-likeness (QED) is 0.710. The first kappa shape index (κ1) is 18.9. The van der Waals surface area contributed by atoms with E-state index in [1.165, 1.54) is 12.1 Å². The smallest absolute Gasteiger partial charge is 0.221 e. The van der Waals surface area contributed by atoms with Crippen LogP contribution in [0.15, 0.2) is 67.3 Å². The van der Waals surface area contributed by atoms with Crippen molar-refractivity contribution in [1.29, 1.82) is 0 Å². The molecule has 0 saturated heterocycles. The molecular weight excluding hydrogens is 317 g/mol. The highest BCUT2D eigenvalue weighted by atomic mass is 19.1. The summed E-state index contributed by atoms with van der Waals surface area (Å²) in [6, 6.07) is 15.3. The zero-order valence-corrected chi connectivity index (χ0v) is 14.4. The number of amides is 1. The van der Waals surface area contributed by atoms with Crippen LogP contribution in [0.4, 0.5) is 4.39 Å². The van der Waals surface area contributed by atoms with Crippen molar-refractivity contribution in [3.8, 4) is 0 Å². The van der Waals surface area contributed by atoms with E-state index in [2.05, 4.69) is 11.9 Å². The Morgan fingerprint density at radius 3 is 2.40 bits per heavy atom.